The van der Waals surface area contributed by atoms with E-state index in [9.17, 15) is 9.18 Å². The molecule has 2 aromatic heterocycles. The van der Waals surface area contributed by atoms with Crippen molar-refractivity contribution in [3.63, 3.8) is 0 Å². The smallest absolute Gasteiger partial charge is 0.264 e. The van der Waals surface area contributed by atoms with Crippen LogP contribution in [0.2, 0.25) is 0 Å². The quantitative estimate of drug-likeness (QED) is 0.478. The predicted molar refractivity (Wildman–Crippen MR) is 116 cm³/mol. The summed E-state index contributed by atoms with van der Waals surface area (Å²) in [4.78, 5) is 23.2. The number of carbonyl (C=O) groups is 1. The second kappa shape index (κ2) is 7.12. The summed E-state index contributed by atoms with van der Waals surface area (Å²) in [5.41, 5.74) is 2.74. The van der Waals surface area contributed by atoms with E-state index in [0.717, 1.165) is 21.1 Å². The highest BCUT2D eigenvalue weighted by Gasteiger charge is 2.25. The van der Waals surface area contributed by atoms with Crippen LogP contribution in [-0.2, 0) is 0 Å². The number of nitrogens with zero attached hydrogens (tertiary/aromatic N) is 3. The minimum Gasteiger partial charge on any atom is -0.366 e. The molecule has 1 aliphatic rings. The Morgan fingerprint density at radius 3 is 2.59 bits per heavy atom. The van der Waals surface area contributed by atoms with Gasteiger partial charge in [-0.15, -0.1) is 11.3 Å². The van der Waals surface area contributed by atoms with Gasteiger partial charge in [0.25, 0.3) is 5.91 Å². The van der Waals surface area contributed by atoms with Gasteiger partial charge in [-0.1, -0.05) is 23.8 Å². The van der Waals surface area contributed by atoms with Crippen LogP contribution in [0, 0.1) is 12.7 Å². The fourth-order valence-corrected chi connectivity index (χ4v) is 4.86. The van der Waals surface area contributed by atoms with E-state index in [2.05, 4.69) is 25.1 Å². The first kappa shape index (κ1) is 18.1. The van der Waals surface area contributed by atoms with Crippen molar-refractivity contribution in [2.45, 2.75) is 6.92 Å². The summed E-state index contributed by atoms with van der Waals surface area (Å²) in [5.74, 6) is -0.188. The molecule has 3 heterocycles. The highest BCUT2D eigenvalue weighted by atomic mass is 32.1. The highest BCUT2D eigenvalue weighted by molar-refractivity contribution is 7.20. The Labute approximate surface area is 172 Å². The number of amides is 1. The average Bonchev–Trinajstić information content (AvgIpc) is 3.15. The number of para-hydroxylation sites is 1. The summed E-state index contributed by atoms with van der Waals surface area (Å²) in [6.45, 7) is 4.47. The molecule has 5 rings (SSSR count). The van der Waals surface area contributed by atoms with Crippen LogP contribution in [0.25, 0.3) is 21.1 Å². The Hall–Kier alpha value is -2.99. The van der Waals surface area contributed by atoms with Gasteiger partial charge in [-0.05, 0) is 43.3 Å². The molecule has 1 aliphatic heterocycles. The van der Waals surface area contributed by atoms with Crippen molar-refractivity contribution in [3.8, 4) is 0 Å². The number of piperazine rings is 1. The number of aromatic nitrogens is 1. The van der Waals surface area contributed by atoms with E-state index in [0.29, 0.717) is 36.7 Å². The zero-order valence-electron chi connectivity index (χ0n) is 16.1. The summed E-state index contributed by atoms with van der Waals surface area (Å²) in [6, 6.07) is 17.0. The molecule has 4 nitrogen and oxygen atoms in total. The van der Waals surface area contributed by atoms with Crippen molar-refractivity contribution in [1.29, 1.82) is 0 Å². The number of thiophene rings is 1. The normalized spacial score (nSPS) is 14.7. The van der Waals surface area contributed by atoms with Crippen LogP contribution in [0.4, 0.5) is 10.1 Å². The summed E-state index contributed by atoms with van der Waals surface area (Å²) in [6.07, 6.45) is 0. The highest BCUT2D eigenvalue weighted by Crippen LogP contribution is 2.29. The molecular formula is C23H20FN3OS. The third-order valence-electron chi connectivity index (χ3n) is 5.43. The van der Waals surface area contributed by atoms with Crippen molar-refractivity contribution in [3.05, 3.63) is 70.9 Å². The summed E-state index contributed by atoms with van der Waals surface area (Å²) in [5, 5.41) is 2.09. The largest absolute Gasteiger partial charge is 0.366 e. The summed E-state index contributed by atoms with van der Waals surface area (Å²) in [7, 11) is 0. The van der Waals surface area contributed by atoms with Crippen LogP contribution < -0.4 is 4.90 Å². The minimum absolute atomic E-state index is 0.0291. The third-order valence-corrected chi connectivity index (χ3v) is 6.46. The Kier molecular flexibility index (Phi) is 4.43. The molecule has 2 aromatic carbocycles. The van der Waals surface area contributed by atoms with Gasteiger partial charge in [0.2, 0.25) is 0 Å². The maximum absolute atomic E-state index is 14.0. The molecule has 0 saturated carbocycles. The molecule has 1 saturated heterocycles. The monoisotopic (exact) mass is 405 g/mol. The fourth-order valence-electron chi connectivity index (χ4n) is 3.87. The molecule has 1 amide bonds. The van der Waals surface area contributed by atoms with Crippen molar-refractivity contribution < 1.29 is 9.18 Å². The molecule has 4 aromatic rings. The summed E-state index contributed by atoms with van der Waals surface area (Å²) >= 11 is 1.44. The first-order chi connectivity index (χ1) is 14.1. The maximum Gasteiger partial charge on any atom is 0.264 e. The van der Waals surface area contributed by atoms with Crippen molar-refractivity contribution in [1.82, 2.24) is 9.88 Å². The SMILES string of the molecule is Cc1ccc2nc3sc(C(=O)N4CCN(c5ccccc5F)CC4)cc3cc2c1. The first-order valence-corrected chi connectivity index (χ1v) is 10.5. The van der Waals surface area contributed by atoms with E-state index in [-0.39, 0.29) is 11.7 Å². The molecule has 6 heteroatoms. The number of rotatable bonds is 2. The lowest BCUT2D eigenvalue weighted by Crippen LogP contribution is -2.48. The maximum atomic E-state index is 14.0. The molecule has 0 unspecified atom stereocenters. The molecule has 0 radical (unpaired) electrons. The number of hydrogen-bond acceptors (Lipinski definition) is 4. The zero-order valence-corrected chi connectivity index (χ0v) is 16.9. The van der Waals surface area contributed by atoms with Gasteiger partial charge in [-0.2, -0.15) is 0 Å². The lowest BCUT2D eigenvalue weighted by atomic mass is 10.1. The van der Waals surface area contributed by atoms with Gasteiger partial charge in [0.1, 0.15) is 10.6 Å². The lowest BCUT2D eigenvalue weighted by Gasteiger charge is -2.36. The van der Waals surface area contributed by atoms with Gasteiger partial charge in [-0.25, -0.2) is 9.37 Å². The molecule has 146 valence electrons. The number of aryl methyl sites for hydroxylation is 1. The molecule has 0 aliphatic carbocycles. The van der Waals surface area contributed by atoms with Gasteiger partial charge in [-0.3, -0.25) is 4.79 Å². The molecule has 0 spiro atoms. The van der Waals surface area contributed by atoms with Crippen LogP contribution in [0.15, 0.2) is 54.6 Å². The number of hydrogen-bond donors (Lipinski definition) is 0. The average molecular weight is 405 g/mol. The molecule has 1 fully saturated rings. The van der Waals surface area contributed by atoms with E-state index in [1.807, 2.05) is 28.0 Å². The number of fused-ring (bicyclic) bond motifs is 2. The van der Waals surface area contributed by atoms with E-state index < -0.39 is 0 Å². The number of pyridine rings is 1. The van der Waals surface area contributed by atoms with Gasteiger partial charge in [0.05, 0.1) is 16.1 Å². The number of anilines is 1. The minimum atomic E-state index is -0.217. The van der Waals surface area contributed by atoms with Crippen LogP contribution >= 0.6 is 11.3 Å². The summed E-state index contributed by atoms with van der Waals surface area (Å²) < 4.78 is 14.0. The van der Waals surface area contributed by atoms with E-state index >= 15 is 0 Å². The van der Waals surface area contributed by atoms with Crippen LogP contribution in [0.1, 0.15) is 15.2 Å². The number of carbonyl (C=O) groups excluding carboxylic acids is 1. The van der Waals surface area contributed by atoms with Gasteiger partial charge in [0.15, 0.2) is 0 Å². The Bertz CT molecular complexity index is 1230. The molecule has 29 heavy (non-hydrogen) atoms. The van der Waals surface area contributed by atoms with E-state index in [1.54, 1.807) is 12.1 Å². The van der Waals surface area contributed by atoms with Crippen molar-refractivity contribution in [2.75, 3.05) is 31.1 Å². The fraction of sp³-hybridized carbons (Fsp3) is 0.217. The molecule has 0 N–H and O–H groups in total. The van der Waals surface area contributed by atoms with Crippen LogP contribution in [-0.4, -0.2) is 42.0 Å². The second-order valence-corrected chi connectivity index (χ2v) is 8.45. The van der Waals surface area contributed by atoms with Crippen LogP contribution in [0.3, 0.4) is 0 Å². The Balaban J connectivity index is 1.36. The standard InChI is InChI=1S/C23H20FN3OS/c1-15-6-7-19-16(12-15)13-17-14-21(29-22(17)25-19)23(28)27-10-8-26(9-11-27)20-5-3-2-4-18(20)24/h2-7,12-14H,8-11H2,1H3. The van der Waals surface area contributed by atoms with Gasteiger partial charge in [0, 0.05) is 37.0 Å². The van der Waals surface area contributed by atoms with E-state index in [1.165, 1.54) is 23.0 Å². The lowest BCUT2D eigenvalue weighted by molar-refractivity contribution is 0.0751. The number of halogens is 1. The second-order valence-electron chi connectivity index (χ2n) is 7.42. The van der Waals surface area contributed by atoms with Gasteiger partial charge >= 0.3 is 0 Å². The molecular weight excluding hydrogens is 385 g/mol. The molecule has 0 bridgehead atoms. The number of benzene rings is 2. The van der Waals surface area contributed by atoms with Crippen molar-refractivity contribution in [2.24, 2.45) is 0 Å². The van der Waals surface area contributed by atoms with Gasteiger partial charge < -0.3 is 9.80 Å². The zero-order chi connectivity index (χ0) is 20.0. The topological polar surface area (TPSA) is 36.4 Å². The van der Waals surface area contributed by atoms with Crippen LogP contribution in [0.5, 0.6) is 0 Å². The van der Waals surface area contributed by atoms with E-state index in [4.69, 9.17) is 4.98 Å². The third kappa shape index (κ3) is 3.34. The van der Waals surface area contributed by atoms with Crippen molar-refractivity contribution >= 4 is 44.1 Å². The predicted octanol–water partition coefficient (Wildman–Crippen LogP) is 4.86. The molecule has 0 atom stereocenters. The Morgan fingerprint density at radius 1 is 1.00 bits per heavy atom. The first-order valence-electron chi connectivity index (χ1n) is 9.68. The Morgan fingerprint density at radius 2 is 1.79 bits per heavy atom.